The maximum atomic E-state index is 5.71. The van der Waals surface area contributed by atoms with Gasteiger partial charge in [-0.15, -0.1) is 0 Å². The third kappa shape index (κ3) is 4.31. The molecule has 4 nitrogen and oxygen atoms in total. The lowest BCUT2D eigenvalue weighted by Gasteiger charge is -2.19. The standard InChI is InChI=1S/C18H28N2O2/c1-4-7-8-13-17-19-15-11-9-10-12-16(15)20(17)14-18(21-5-2)22-6-3/h9-12,18H,4-8,13-14H2,1-3H3. The van der Waals surface area contributed by atoms with Gasteiger partial charge in [-0.2, -0.15) is 0 Å². The second-order valence-electron chi connectivity index (χ2n) is 5.42. The van der Waals surface area contributed by atoms with Crippen molar-refractivity contribution in [2.45, 2.75) is 59.3 Å². The lowest BCUT2D eigenvalue weighted by Crippen LogP contribution is -2.24. The summed E-state index contributed by atoms with van der Waals surface area (Å²) in [6.45, 7) is 8.23. The molecule has 1 heterocycles. The quantitative estimate of drug-likeness (QED) is 0.488. The fraction of sp³-hybridized carbons (Fsp3) is 0.611. The van der Waals surface area contributed by atoms with E-state index in [0.29, 0.717) is 19.8 Å². The number of nitrogens with zero attached hydrogens (tertiary/aromatic N) is 2. The monoisotopic (exact) mass is 304 g/mol. The van der Waals surface area contributed by atoms with Gasteiger partial charge in [0.15, 0.2) is 6.29 Å². The zero-order valence-corrected chi connectivity index (χ0v) is 14.0. The van der Waals surface area contributed by atoms with Gasteiger partial charge in [0, 0.05) is 19.6 Å². The second-order valence-corrected chi connectivity index (χ2v) is 5.42. The van der Waals surface area contributed by atoms with Gasteiger partial charge in [0.2, 0.25) is 0 Å². The Morgan fingerprint density at radius 3 is 2.45 bits per heavy atom. The summed E-state index contributed by atoms with van der Waals surface area (Å²) in [4.78, 5) is 4.81. The van der Waals surface area contributed by atoms with E-state index in [-0.39, 0.29) is 6.29 Å². The first kappa shape index (κ1) is 17.0. The van der Waals surface area contributed by atoms with E-state index >= 15 is 0 Å². The number of para-hydroxylation sites is 2. The van der Waals surface area contributed by atoms with Crippen molar-refractivity contribution < 1.29 is 9.47 Å². The van der Waals surface area contributed by atoms with Gasteiger partial charge in [-0.3, -0.25) is 0 Å². The Hall–Kier alpha value is -1.39. The van der Waals surface area contributed by atoms with Crippen LogP contribution in [0.4, 0.5) is 0 Å². The molecule has 0 N–H and O–H groups in total. The van der Waals surface area contributed by atoms with Gasteiger partial charge in [0.05, 0.1) is 17.6 Å². The Labute approximate surface area is 133 Å². The molecule has 1 aromatic heterocycles. The molecule has 2 aromatic rings. The van der Waals surface area contributed by atoms with Crippen LogP contribution in [-0.2, 0) is 22.4 Å². The summed E-state index contributed by atoms with van der Waals surface area (Å²) in [6, 6.07) is 8.30. The summed E-state index contributed by atoms with van der Waals surface area (Å²) >= 11 is 0. The van der Waals surface area contributed by atoms with Crippen molar-refractivity contribution >= 4 is 11.0 Å². The molecule has 0 atom stereocenters. The van der Waals surface area contributed by atoms with E-state index < -0.39 is 0 Å². The average Bonchev–Trinajstić information content (AvgIpc) is 2.86. The van der Waals surface area contributed by atoms with Gasteiger partial charge < -0.3 is 14.0 Å². The first-order valence-corrected chi connectivity index (χ1v) is 8.47. The molecule has 0 aliphatic rings. The minimum Gasteiger partial charge on any atom is -0.351 e. The number of imidazole rings is 1. The molecule has 2 rings (SSSR count). The first-order valence-electron chi connectivity index (χ1n) is 8.47. The summed E-state index contributed by atoms with van der Waals surface area (Å²) in [7, 11) is 0. The summed E-state index contributed by atoms with van der Waals surface area (Å²) in [6.07, 6.45) is 4.43. The van der Waals surface area contributed by atoms with E-state index in [0.717, 1.165) is 17.8 Å². The molecule has 0 amide bonds. The van der Waals surface area contributed by atoms with Crippen LogP contribution < -0.4 is 0 Å². The van der Waals surface area contributed by atoms with E-state index in [1.54, 1.807) is 0 Å². The van der Waals surface area contributed by atoms with Crippen LogP contribution in [-0.4, -0.2) is 29.1 Å². The summed E-state index contributed by atoms with van der Waals surface area (Å²) in [5.41, 5.74) is 2.22. The molecule has 0 spiro atoms. The Kier molecular flexibility index (Phi) is 6.87. The van der Waals surface area contributed by atoms with Crippen LogP contribution in [0, 0.1) is 0 Å². The highest BCUT2D eigenvalue weighted by Gasteiger charge is 2.15. The molecular weight excluding hydrogens is 276 g/mol. The van der Waals surface area contributed by atoms with Crippen LogP contribution in [0.15, 0.2) is 24.3 Å². The van der Waals surface area contributed by atoms with Crippen molar-refractivity contribution in [3.63, 3.8) is 0 Å². The minimum absolute atomic E-state index is 0.211. The van der Waals surface area contributed by atoms with Crippen molar-refractivity contribution in [1.82, 2.24) is 9.55 Å². The zero-order chi connectivity index (χ0) is 15.8. The Bertz CT molecular complexity index is 559. The Morgan fingerprint density at radius 1 is 1.05 bits per heavy atom. The number of hydrogen-bond acceptors (Lipinski definition) is 3. The molecule has 4 heteroatoms. The number of fused-ring (bicyclic) bond motifs is 1. The number of ether oxygens (including phenoxy) is 2. The van der Waals surface area contributed by atoms with E-state index in [9.17, 15) is 0 Å². The van der Waals surface area contributed by atoms with Crippen molar-refractivity contribution in [3.8, 4) is 0 Å². The molecular formula is C18H28N2O2. The number of aromatic nitrogens is 2. The highest BCUT2D eigenvalue weighted by molar-refractivity contribution is 5.75. The predicted octanol–water partition coefficient (Wildman–Crippen LogP) is 4.17. The summed E-state index contributed by atoms with van der Waals surface area (Å²) in [5.74, 6) is 1.14. The van der Waals surface area contributed by atoms with Gasteiger partial charge in [0.1, 0.15) is 5.82 Å². The van der Waals surface area contributed by atoms with Crippen molar-refractivity contribution in [2.75, 3.05) is 13.2 Å². The number of unbranched alkanes of at least 4 members (excludes halogenated alkanes) is 2. The highest BCUT2D eigenvalue weighted by atomic mass is 16.7. The number of benzene rings is 1. The topological polar surface area (TPSA) is 36.3 Å². The predicted molar refractivity (Wildman–Crippen MR) is 90.0 cm³/mol. The normalized spacial score (nSPS) is 11.6. The van der Waals surface area contributed by atoms with Crippen LogP contribution in [0.2, 0.25) is 0 Å². The molecule has 122 valence electrons. The van der Waals surface area contributed by atoms with Gasteiger partial charge in [-0.1, -0.05) is 31.9 Å². The van der Waals surface area contributed by atoms with Gasteiger partial charge in [-0.05, 0) is 32.4 Å². The lowest BCUT2D eigenvalue weighted by molar-refractivity contribution is -0.143. The lowest BCUT2D eigenvalue weighted by atomic mass is 10.2. The van der Waals surface area contributed by atoms with E-state index in [2.05, 4.69) is 29.7 Å². The summed E-state index contributed by atoms with van der Waals surface area (Å²) in [5, 5.41) is 0. The second kappa shape index (κ2) is 8.91. The van der Waals surface area contributed by atoms with Crippen molar-refractivity contribution in [2.24, 2.45) is 0 Å². The molecule has 0 radical (unpaired) electrons. The number of aryl methyl sites for hydroxylation is 1. The summed E-state index contributed by atoms with van der Waals surface area (Å²) < 4.78 is 13.7. The van der Waals surface area contributed by atoms with Crippen LogP contribution in [0.25, 0.3) is 11.0 Å². The van der Waals surface area contributed by atoms with Crippen LogP contribution >= 0.6 is 0 Å². The maximum Gasteiger partial charge on any atom is 0.175 e. The SMILES string of the molecule is CCCCCc1nc2ccccc2n1CC(OCC)OCC. The van der Waals surface area contributed by atoms with Crippen LogP contribution in [0.1, 0.15) is 45.9 Å². The third-order valence-corrected chi connectivity index (χ3v) is 3.77. The van der Waals surface area contributed by atoms with Crippen LogP contribution in [0.5, 0.6) is 0 Å². The largest absolute Gasteiger partial charge is 0.351 e. The minimum atomic E-state index is -0.211. The van der Waals surface area contributed by atoms with Crippen LogP contribution in [0.3, 0.4) is 0 Å². The van der Waals surface area contributed by atoms with Gasteiger partial charge in [-0.25, -0.2) is 4.98 Å². The van der Waals surface area contributed by atoms with E-state index in [1.165, 1.54) is 24.8 Å². The van der Waals surface area contributed by atoms with E-state index in [4.69, 9.17) is 14.5 Å². The molecule has 22 heavy (non-hydrogen) atoms. The van der Waals surface area contributed by atoms with Gasteiger partial charge >= 0.3 is 0 Å². The Balaban J connectivity index is 2.25. The third-order valence-electron chi connectivity index (χ3n) is 3.77. The number of rotatable bonds is 10. The fourth-order valence-corrected chi connectivity index (χ4v) is 2.73. The van der Waals surface area contributed by atoms with E-state index in [1.807, 2.05) is 19.9 Å². The molecule has 0 aliphatic heterocycles. The molecule has 0 aliphatic carbocycles. The highest BCUT2D eigenvalue weighted by Crippen LogP contribution is 2.19. The molecule has 0 saturated carbocycles. The van der Waals surface area contributed by atoms with Crippen molar-refractivity contribution in [3.05, 3.63) is 30.1 Å². The van der Waals surface area contributed by atoms with Gasteiger partial charge in [0.25, 0.3) is 0 Å². The molecule has 0 unspecified atom stereocenters. The molecule has 1 aromatic carbocycles. The fourth-order valence-electron chi connectivity index (χ4n) is 2.73. The van der Waals surface area contributed by atoms with Crippen molar-refractivity contribution in [1.29, 1.82) is 0 Å². The first-order chi connectivity index (χ1) is 10.8. The smallest absolute Gasteiger partial charge is 0.175 e. The molecule has 0 bridgehead atoms. The maximum absolute atomic E-state index is 5.71. The molecule has 0 saturated heterocycles. The molecule has 0 fully saturated rings. The average molecular weight is 304 g/mol. The Morgan fingerprint density at radius 2 is 1.77 bits per heavy atom. The zero-order valence-electron chi connectivity index (χ0n) is 14.0. The number of hydrogen-bond donors (Lipinski definition) is 0.